The van der Waals surface area contributed by atoms with Crippen LogP contribution in [0.1, 0.15) is 0 Å². The summed E-state index contributed by atoms with van der Waals surface area (Å²) in [4.78, 5) is 13.9. The van der Waals surface area contributed by atoms with Gasteiger partial charge >= 0.3 is 5.97 Å². The van der Waals surface area contributed by atoms with E-state index >= 15 is 0 Å². The molecule has 0 aliphatic carbocycles. The Morgan fingerprint density at radius 3 is 3.20 bits per heavy atom. The second-order valence-corrected chi connectivity index (χ2v) is 1.96. The van der Waals surface area contributed by atoms with Crippen LogP contribution >= 0.6 is 0 Å². The Balaban J connectivity index is 2.32. The van der Waals surface area contributed by atoms with Crippen molar-refractivity contribution in [1.29, 1.82) is 0 Å². The van der Waals surface area contributed by atoms with Gasteiger partial charge in [0.2, 0.25) is 0 Å². The molecule has 1 atom stereocenters. The van der Waals surface area contributed by atoms with Crippen molar-refractivity contribution in [2.45, 2.75) is 6.04 Å². The molecular formula is C6H8N2O2. The molecule has 0 aromatic heterocycles. The van der Waals surface area contributed by atoms with Crippen LogP contribution < -0.4 is 5.32 Å². The van der Waals surface area contributed by atoms with Gasteiger partial charge in [0.25, 0.3) is 0 Å². The van der Waals surface area contributed by atoms with E-state index < -0.39 is 5.97 Å². The fourth-order valence-corrected chi connectivity index (χ4v) is 0.682. The van der Waals surface area contributed by atoms with Crippen molar-refractivity contribution >= 4 is 12.3 Å². The molecule has 1 aliphatic heterocycles. The third-order valence-corrected chi connectivity index (χ3v) is 1.15. The molecular weight excluding hydrogens is 132 g/mol. The number of nitrogens with zero attached hydrogens (tertiary/aromatic N) is 1. The van der Waals surface area contributed by atoms with E-state index in [1.165, 1.54) is 0 Å². The lowest BCUT2D eigenvalue weighted by Gasteiger charge is -1.99. The van der Waals surface area contributed by atoms with Gasteiger partial charge in [0.05, 0.1) is 18.9 Å². The van der Waals surface area contributed by atoms with E-state index in [-0.39, 0.29) is 6.04 Å². The van der Waals surface area contributed by atoms with E-state index in [0.717, 1.165) is 6.08 Å². The highest BCUT2D eigenvalue weighted by atomic mass is 16.4. The van der Waals surface area contributed by atoms with E-state index in [1.807, 2.05) is 0 Å². The maximum Gasteiger partial charge on any atom is 0.328 e. The number of carbonyl (C=O) groups is 1. The van der Waals surface area contributed by atoms with Gasteiger partial charge in [-0.05, 0) is 0 Å². The lowest BCUT2D eigenvalue weighted by molar-refractivity contribution is -0.131. The van der Waals surface area contributed by atoms with Crippen molar-refractivity contribution < 1.29 is 9.90 Å². The molecule has 54 valence electrons. The van der Waals surface area contributed by atoms with Crippen molar-refractivity contribution in [2.75, 3.05) is 6.54 Å². The van der Waals surface area contributed by atoms with Gasteiger partial charge in [0.15, 0.2) is 0 Å². The summed E-state index contributed by atoms with van der Waals surface area (Å²) < 4.78 is 0. The fourth-order valence-electron chi connectivity index (χ4n) is 0.682. The second-order valence-electron chi connectivity index (χ2n) is 1.96. The Bertz CT molecular complexity index is 178. The molecule has 4 heteroatoms. The molecule has 0 spiro atoms. The molecule has 0 aromatic carbocycles. The molecule has 0 saturated carbocycles. The maximum absolute atomic E-state index is 10.0. The summed E-state index contributed by atoms with van der Waals surface area (Å²) in [5.74, 6) is -0.922. The van der Waals surface area contributed by atoms with E-state index in [0.29, 0.717) is 6.54 Å². The van der Waals surface area contributed by atoms with E-state index in [1.54, 1.807) is 12.4 Å². The van der Waals surface area contributed by atoms with Crippen molar-refractivity contribution in [3.8, 4) is 0 Å². The Hall–Kier alpha value is -1.32. The third-order valence-electron chi connectivity index (χ3n) is 1.15. The summed E-state index contributed by atoms with van der Waals surface area (Å²) in [6.45, 7) is 0.629. The molecule has 0 saturated heterocycles. The van der Waals surface area contributed by atoms with Gasteiger partial charge in [-0.2, -0.15) is 0 Å². The molecule has 1 unspecified atom stereocenters. The summed E-state index contributed by atoms with van der Waals surface area (Å²) in [5.41, 5.74) is 0. The number of carboxylic acids is 1. The Morgan fingerprint density at radius 1 is 1.90 bits per heavy atom. The maximum atomic E-state index is 10.0. The van der Waals surface area contributed by atoms with Crippen LogP contribution in [0.15, 0.2) is 17.1 Å². The number of nitrogens with one attached hydrogen (secondary N) is 1. The number of rotatable bonds is 2. The highest BCUT2D eigenvalue weighted by molar-refractivity contribution is 5.80. The number of hydrogen-bond donors (Lipinski definition) is 2. The van der Waals surface area contributed by atoms with Gasteiger partial charge in [-0.15, -0.1) is 0 Å². The topological polar surface area (TPSA) is 61.7 Å². The van der Waals surface area contributed by atoms with Crippen LogP contribution in [-0.2, 0) is 4.79 Å². The molecule has 2 N–H and O–H groups in total. The van der Waals surface area contributed by atoms with E-state index in [2.05, 4.69) is 10.3 Å². The van der Waals surface area contributed by atoms with Crippen LogP contribution in [-0.4, -0.2) is 30.0 Å². The minimum atomic E-state index is -0.922. The number of aliphatic carboxylic acids is 1. The van der Waals surface area contributed by atoms with Gasteiger partial charge < -0.3 is 10.4 Å². The number of carboxylic acid groups (broad SMARTS) is 1. The van der Waals surface area contributed by atoms with Crippen LogP contribution in [0.3, 0.4) is 0 Å². The Labute approximate surface area is 58.3 Å². The normalized spacial score (nSPS) is 23.4. The van der Waals surface area contributed by atoms with Crippen LogP contribution in [0.5, 0.6) is 0 Å². The van der Waals surface area contributed by atoms with Crippen molar-refractivity contribution in [1.82, 2.24) is 5.32 Å². The predicted octanol–water partition coefficient (Wildman–Crippen LogP) is -0.373. The molecule has 0 bridgehead atoms. The molecule has 10 heavy (non-hydrogen) atoms. The predicted molar refractivity (Wildman–Crippen MR) is 37.1 cm³/mol. The van der Waals surface area contributed by atoms with Crippen LogP contribution in [0.2, 0.25) is 0 Å². The largest absolute Gasteiger partial charge is 0.478 e. The van der Waals surface area contributed by atoms with Gasteiger partial charge in [0, 0.05) is 6.08 Å². The first kappa shape index (κ1) is 6.80. The third kappa shape index (κ3) is 1.89. The van der Waals surface area contributed by atoms with Crippen LogP contribution in [0.4, 0.5) is 0 Å². The van der Waals surface area contributed by atoms with Crippen LogP contribution in [0.25, 0.3) is 0 Å². The summed E-state index contributed by atoms with van der Waals surface area (Å²) >= 11 is 0. The smallest absolute Gasteiger partial charge is 0.328 e. The summed E-state index contributed by atoms with van der Waals surface area (Å²) in [6.07, 6.45) is 4.28. The lowest BCUT2D eigenvalue weighted by Crippen LogP contribution is -2.21. The van der Waals surface area contributed by atoms with Crippen molar-refractivity contribution in [3.63, 3.8) is 0 Å². The Morgan fingerprint density at radius 2 is 2.70 bits per heavy atom. The Kier molecular flexibility index (Phi) is 2.04. The average Bonchev–Trinajstić information content (AvgIpc) is 2.34. The number of hydrogen-bond acceptors (Lipinski definition) is 3. The zero-order valence-corrected chi connectivity index (χ0v) is 5.32. The highest BCUT2D eigenvalue weighted by Gasteiger charge is 2.04. The SMILES string of the molecule is O=C(O)C=CC1CN=CN1. The van der Waals surface area contributed by atoms with Gasteiger partial charge in [-0.25, -0.2) is 4.79 Å². The second kappa shape index (κ2) is 3.00. The average molecular weight is 140 g/mol. The highest BCUT2D eigenvalue weighted by Crippen LogP contribution is 1.91. The lowest BCUT2D eigenvalue weighted by atomic mass is 10.3. The van der Waals surface area contributed by atoms with E-state index in [9.17, 15) is 4.79 Å². The summed E-state index contributed by atoms with van der Waals surface area (Å²) in [5, 5.41) is 11.1. The molecule has 1 rings (SSSR count). The van der Waals surface area contributed by atoms with Crippen molar-refractivity contribution in [3.05, 3.63) is 12.2 Å². The number of aliphatic imine (C=N–C) groups is 1. The molecule has 0 amide bonds. The van der Waals surface area contributed by atoms with Gasteiger partial charge in [-0.3, -0.25) is 4.99 Å². The van der Waals surface area contributed by atoms with Crippen molar-refractivity contribution in [2.24, 2.45) is 4.99 Å². The van der Waals surface area contributed by atoms with Crippen LogP contribution in [0, 0.1) is 0 Å². The molecule has 0 fully saturated rings. The van der Waals surface area contributed by atoms with Gasteiger partial charge in [0.1, 0.15) is 0 Å². The molecule has 0 radical (unpaired) electrons. The minimum Gasteiger partial charge on any atom is -0.478 e. The van der Waals surface area contributed by atoms with E-state index in [4.69, 9.17) is 5.11 Å². The molecule has 1 aliphatic rings. The van der Waals surface area contributed by atoms with Gasteiger partial charge in [-0.1, -0.05) is 6.08 Å². The quantitative estimate of drug-likeness (QED) is 0.514. The summed E-state index contributed by atoms with van der Waals surface area (Å²) in [7, 11) is 0. The first-order valence-electron chi connectivity index (χ1n) is 2.94. The molecule has 4 nitrogen and oxygen atoms in total. The fraction of sp³-hybridized carbons (Fsp3) is 0.333. The first-order chi connectivity index (χ1) is 4.79. The monoisotopic (exact) mass is 140 g/mol. The standard InChI is InChI=1S/C6H8N2O2/c9-6(10)2-1-5-3-7-4-8-5/h1-2,4-5H,3H2,(H,7,8)(H,9,10). The summed E-state index contributed by atoms with van der Waals surface area (Å²) in [6, 6.07) is 0.0658. The first-order valence-corrected chi connectivity index (χ1v) is 2.94. The zero-order valence-electron chi connectivity index (χ0n) is 5.32. The molecule has 1 heterocycles. The minimum absolute atomic E-state index is 0.0658. The zero-order chi connectivity index (χ0) is 7.40. The molecule has 0 aromatic rings.